The Balaban J connectivity index is 3.28. The molecule has 1 atom stereocenters. The molecule has 0 rings (SSSR count). The molecule has 2 N–H and O–H groups in total. The Morgan fingerprint density at radius 1 is 1.36 bits per heavy atom. The topological polar surface area (TPSA) is 58.9 Å². The van der Waals surface area contributed by atoms with Crippen LogP contribution in [0.15, 0.2) is 0 Å². The molecule has 0 aliphatic rings. The molecule has 0 heterocycles. The van der Waals surface area contributed by atoms with Gasteiger partial charge in [0.1, 0.15) is 12.7 Å². The highest BCUT2D eigenvalue weighted by Crippen LogP contribution is 2.06. The second-order valence-corrected chi connectivity index (χ2v) is 3.32. The van der Waals surface area contributed by atoms with Crippen molar-refractivity contribution in [3.05, 3.63) is 0 Å². The molecule has 0 aromatic heterocycles. The van der Waals surface area contributed by atoms with Crippen LogP contribution in [-0.2, 0) is 9.78 Å². The van der Waals surface area contributed by atoms with Gasteiger partial charge in [-0.05, 0) is 20.8 Å². The first-order valence-electron chi connectivity index (χ1n) is 3.55. The third kappa shape index (κ3) is 7.74. The molecule has 0 spiro atoms. The van der Waals surface area contributed by atoms with E-state index in [-0.39, 0.29) is 18.8 Å². The van der Waals surface area contributed by atoms with Crippen LogP contribution >= 0.6 is 0 Å². The van der Waals surface area contributed by atoms with Crippen LogP contribution in [0, 0.1) is 0 Å². The normalized spacial score (nSPS) is 15.0. The zero-order valence-electron chi connectivity index (χ0n) is 7.20. The van der Waals surface area contributed by atoms with E-state index in [1.807, 2.05) is 20.8 Å². The van der Waals surface area contributed by atoms with Gasteiger partial charge in [0.25, 0.3) is 0 Å². The summed E-state index contributed by atoms with van der Waals surface area (Å²) in [6.07, 6.45) is -0.864. The van der Waals surface area contributed by atoms with Gasteiger partial charge in [-0.15, -0.1) is 0 Å². The smallest absolute Gasteiger partial charge is 0.110 e. The molecule has 0 aromatic carbocycles. The first kappa shape index (κ1) is 10.8. The number of aliphatic hydroxyl groups is 2. The molecular formula is C7H16O4. The maximum atomic E-state index is 8.80. The summed E-state index contributed by atoms with van der Waals surface area (Å²) < 4.78 is 0. The van der Waals surface area contributed by atoms with Crippen LogP contribution in [-0.4, -0.2) is 35.1 Å². The predicted molar refractivity (Wildman–Crippen MR) is 39.9 cm³/mol. The average molecular weight is 164 g/mol. The van der Waals surface area contributed by atoms with Gasteiger partial charge >= 0.3 is 0 Å². The fourth-order valence-corrected chi connectivity index (χ4v) is 0.342. The number of aliphatic hydroxyl groups excluding tert-OH is 2. The van der Waals surface area contributed by atoms with Crippen molar-refractivity contribution in [3.8, 4) is 0 Å². The summed E-state index contributed by atoms with van der Waals surface area (Å²) in [6.45, 7) is 5.18. The summed E-state index contributed by atoms with van der Waals surface area (Å²) in [4.78, 5) is 9.47. The van der Waals surface area contributed by atoms with Gasteiger partial charge in [0.05, 0.1) is 12.2 Å². The summed E-state index contributed by atoms with van der Waals surface area (Å²) in [5, 5.41) is 17.2. The highest BCUT2D eigenvalue weighted by Gasteiger charge is 2.12. The lowest BCUT2D eigenvalue weighted by Gasteiger charge is -2.18. The van der Waals surface area contributed by atoms with Crippen LogP contribution in [0.1, 0.15) is 20.8 Å². The Morgan fingerprint density at radius 3 is 2.27 bits per heavy atom. The highest BCUT2D eigenvalue weighted by atomic mass is 17.2. The second-order valence-electron chi connectivity index (χ2n) is 3.32. The first-order valence-corrected chi connectivity index (χ1v) is 3.55. The van der Waals surface area contributed by atoms with Crippen LogP contribution in [0.5, 0.6) is 0 Å². The fraction of sp³-hybridized carbons (Fsp3) is 1.00. The van der Waals surface area contributed by atoms with Crippen molar-refractivity contribution in [2.24, 2.45) is 0 Å². The average Bonchev–Trinajstić information content (AvgIpc) is 1.85. The van der Waals surface area contributed by atoms with Crippen molar-refractivity contribution in [1.29, 1.82) is 0 Å². The molecule has 4 heteroatoms. The Kier molecular flexibility index (Phi) is 4.60. The second kappa shape index (κ2) is 4.66. The van der Waals surface area contributed by atoms with E-state index in [0.717, 1.165) is 0 Å². The molecule has 0 fully saturated rings. The van der Waals surface area contributed by atoms with E-state index in [1.165, 1.54) is 0 Å². The molecule has 0 saturated heterocycles. The molecule has 0 radical (unpaired) electrons. The van der Waals surface area contributed by atoms with Crippen LogP contribution in [0.4, 0.5) is 0 Å². The monoisotopic (exact) mass is 164 g/mol. The van der Waals surface area contributed by atoms with Gasteiger partial charge in [-0.1, -0.05) is 0 Å². The van der Waals surface area contributed by atoms with E-state index in [2.05, 4.69) is 4.89 Å². The van der Waals surface area contributed by atoms with E-state index in [9.17, 15) is 0 Å². The standard InChI is InChI=1S/C7H16O4/c1-7(2,3)11-10-5-6(9)4-8/h6,8-9H,4-5H2,1-3H3. The van der Waals surface area contributed by atoms with Gasteiger partial charge in [-0.2, -0.15) is 0 Å². The van der Waals surface area contributed by atoms with E-state index < -0.39 is 6.10 Å². The number of hydrogen-bond donors (Lipinski definition) is 2. The van der Waals surface area contributed by atoms with Crippen molar-refractivity contribution in [1.82, 2.24) is 0 Å². The number of rotatable bonds is 4. The minimum absolute atomic E-state index is 0.00618. The molecule has 0 aromatic rings. The fourth-order valence-electron chi connectivity index (χ4n) is 0.342. The van der Waals surface area contributed by atoms with Crippen LogP contribution < -0.4 is 0 Å². The Labute approximate surface area is 66.7 Å². The molecular weight excluding hydrogens is 148 g/mol. The van der Waals surface area contributed by atoms with Crippen molar-refractivity contribution in [2.45, 2.75) is 32.5 Å². The molecule has 0 saturated carbocycles. The molecule has 0 aliphatic carbocycles. The zero-order chi connectivity index (χ0) is 8.91. The zero-order valence-corrected chi connectivity index (χ0v) is 7.20. The summed E-state index contributed by atoms with van der Waals surface area (Å²) in [5.74, 6) is 0. The largest absolute Gasteiger partial charge is 0.394 e. The summed E-state index contributed by atoms with van der Waals surface area (Å²) in [5.41, 5.74) is -0.380. The Morgan fingerprint density at radius 2 is 1.91 bits per heavy atom. The van der Waals surface area contributed by atoms with Crippen LogP contribution in [0.2, 0.25) is 0 Å². The molecule has 68 valence electrons. The van der Waals surface area contributed by atoms with Crippen LogP contribution in [0.3, 0.4) is 0 Å². The van der Waals surface area contributed by atoms with Crippen molar-refractivity contribution >= 4 is 0 Å². The highest BCUT2D eigenvalue weighted by molar-refractivity contribution is 4.55. The SMILES string of the molecule is CC(C)(C)OOCC(O)CO. The van der Waals surface area contributed by atoms with Gasteiger partial charge in [0.2, 0.25) is 0 Å². The lowest BCUT2D eigenvalue weighted by molar-refractivity contribution is -0.356. The van der Waals surface area contributed by atoms with Gasteiger partial charge < -0.3 is 10.2 Å². The van der Waals surface area contributed by atoms with Gasteiger partial charge in [-0.3, -0.25) is 0 Å². The molecule has 0 bridgehead atoms. The number of hydrogen-bond acceptors (Lipinski definition) is 4. The maximum Gasteiger partial charge on any atom is 0.110 e. The Bertz CT molecular complexity index is 97.1. The predicted octanol–water partition coefficient (Wildman–Crippen LogP) is 0.0863. The van der Waals surface area contributed by atoms with Gasteiger partial charge in [-0.25, -0.2) is 9.78 Å². The lowest BCUT2D eigenvalue weighted by Crippen LogP contribution is -2.25. The van der Waals surface area contributed by atoms with Crippen molar-refractivity contribution in [2.75, 3.05) is 13.2 Å². The summed E-state index contributed by atoms with van der Waals surface area (Å²) in [6, 6.07) is 0. The third-order valence-electron chi connectivity index (χ3n) is 0.780. The summed E-state index contributed by atoms with van der Waals surface area (Å²) >= 11 is 0. The van der Waals surface area contributed by atoms with Crippen LogP contribution in [0.25, 0.3) is 0 Å². The third-order valence-corrected chi connectivity index (χ3v) is 0.780. The van der Waals surface area contributed by atoms with E-state index in [4.69, 9.17) is 15.1 Å². The van der Waals surface area contributed by atoms with Gasteiger partial charge in [0.15, 0.2) is 0 Å². The molecule has 0 aliphatic heterocycles. The molecule has 0 amide bonds. The maximum absolute atomic E-state index is 8.80. The molecule has 11 heavy (non-hydrogen) atoms. The lowest BCUT2D eigenvalue weighted by atomic mass is 10.2. The molecule has 1 unspecified atom stereocenters. The van der Waals surface area contributed by atoms with Gasteiger partial charge in [0, 0.05) is 0 Å². The quantitative estimate of drug-likeness (QED) is 0.456. The first-order chi connectivity index (χ1) is 4.95. The minimum Gasteiger partial charge on any atom is -0.394 e. The summed E-state index contributed by atoms with van der Waals surface area (Å²) in [7, 11) is 0. The van der Waals surface area contributed by atoms with Crippen molar-refractivity contribution in [3.63, 3.8) is 0 Å². The Hall–Kier alpha value is -0.160. The van der Waals surface area contributed by atoms with E-state index in [0.29, 0.717) is 0 Å². The minimum atomic E-state index is -0.864. The van der Waals surface area contributed by atoms with Crippen molar-refractivity contribution < 1.29 is 20.0 Å². The van der Waals surface area contributed by atoms with E-state index in [1.54, 1.807) is 0 Å². The van der Waals surface area contributed by atoms with E-state index >= 15 is 0 Å². The molecule has 4 nitrogen and oxygen atoms in total.